The third-order valence-corrected chi connectivity index (χ3v) is 3.38. The van der Waals surface area contributed by atoms with Gasteiger partial charge < -0.3 is 19.8 Å². The van der Waals surface area contributed by atoms with Crippen molar-refractivity contribution in [2.24, 2.45) is 0 Å². The molecule has 0 atom stereocenters. The van der Waals surface area contributed by atoms with Crippen LogP contribution < -0.4 is 15.4 Å². The molecule has 0 spiro atoms. The average Bonchev–Trinajstić information content (AvgIpc) is 3.01. The summed E-state index contributed by atoms with van der Waals surface area (Å²) in [5.41, 5.74) is 1.32. The Morgan fingerprint density at radius 1 is 1.46 bits per heavy atom. The van der Waals surface area contributed by atoms with E-state index in [0.29, 0.717) is 33.9 Å². The minimum Gasteiger partial charge on any atom is -0.482 e. The van der Waals surface area contributed by atoms with Gasteiger partial charge in [-0.15, -0.1) is 0 Å². The first-order valence-corrected chi connectivity index (χ1v) is 7.48. The van der Waals surface area contributed by atoms with Gasteiger partial charge in [-0.05, 0) is 30.4 Å². The molecule has 122 valence electrons. The molecule has 0 fully saturated rings. The molecule has 6 nitrogen and oxygen atoms in total. The first-order valence-electron chi connectivity index (χ1n) is 7.10. The van der Waals surface area contributed by atoms with Gasteiger partial charge in [0.05, 0.1) is 11.9 Å². The van der Waals surface area contributed by atoms with E-state index in [2.05, 4.69) is 22.2 Å². The largest absolute Gasteiger partial charge is 0.482 e. The second kappa shape index (κ2) is 7.06. The van der Waals surface area contributed by atoms with Crippen molar-refractivity contribution in [3.8, 4) is 5.75 Å². The predicted molar refractivity (Wildman–Crippen MR) is 93.5 cm³/mol. The molecule has 2 aromatic rings. The number of carbonyl (C=O) groups excluding carboxylic acids is 1. The van der Waals surface area contributed by atoms with Crippen LogP contribution in [0, 0.1) is 0 Å². The van der Waals surface area contributed by atoms with E-state index in [-0.39, 0.29) is 12.5 Å². The molecule has 2 N–H and O–H groups in total. The van der Waals surface area contributed by atoms with Crippen LogP contribution in [-0.2, 0) is 4.79 Å². The zero-order valence-electron chi connectivity index (χ0n) is 12.6. The number of nitrogens with one attached hydrogen (secondary N) is 2. The molecule has 0 aliphatic carbocycles. The maximum Gasteiger partial charge on any atom is 0.299 e. The van der Waals surface area contributed by atoms with Crippen LogP contribution in [0.2, 0.25) is 0 Å². The number of allylic oxidation sites excluding steroid dienone is 4. The Labute approximate surface area is 143 Å². The lowest BCUT2D eigenvalue weighted by molar-refractivity contribution is -0.118. The van der Waals surface area contributed by atoms with Gasteiger partial charge in [0.15, 0.2) is 6.61 Å². The Kier molecular flexibility index (Phi) is 4.67. The molecular weight excluding hydrogens is 330 g/mol. The van der Waals surface area contributed by atoms with Gasteiger partial charge in [-0.25, -0.2) is 4.98 Å². The number of amides is 1. The molecule has 3 rings (SSSR count). The van der Waals surface area contributed by atoms with E-state index in [1.807, 2.05) is 6.07 Å². The molecule has 1 amide bonds. The zero-order valence-corrected chi connectivity index (χ0v) is 13.3. The fourth-order valence-electron chi connectivity index (χ4n) is 2.01. The number of hydrogen-bond acceptors (Lipinski definition) is 5. The summed E-state index contributed by atoms with van der Waals surface area (Å²) in [5.74, 6) is 1.01. The van der Waals surface area contributed by atoms with Crippen molar-refractivity contribution in [2.75, 3.05) is 17.2 Å². The zero-order chi connectivity index (χ0) is 16.9. The van der Waals surface area contributed by atoms with E-state index in [0.717, 1.165) is 0 Å². The third-order valence-electron chi connectivity index (χ3n) is 3.10. The number of aromatic nitrogens is 1. The van der Waals surface area contributed by atoms with Crippen molar-refractivity contribution in [3.63, 3.8) is 0 Å². The second-order valence-corrected chi connectivity index (χ2v) is 5.29. The highest BCUT2D eigenvalue weighted by molar-refractivity contribution is 6.31. The molecule has 0 unspecified atom stereocenters. The smallest absolute Gasteiger partial charge is 0.299 e. The van der Waals surface area contributed by atoms with Crippen LogP contribution in [0.15, 0.2) is 58.7 Å². The highest BCUT2D eigenvalue weighted by Gasteiger charge is 2.16. The summed E-state index contributed by atoms with van der Waals surface area (Å²) in [6, 6.07) is 5.65. The highest BCUT2D eigenvalue weighted by atomic mass is 35.5. The number of rotatable bonds is 5. The number of benzene rings is 1. The minimum absolute atomic E-state index is 0.0273. The molecule has 0 saturated carbocycles. The van der Waals surface area contributed by atoms with Crippen molar-refractivity contribution in [2.45, 2.75) is 0 Å². The van der Waals surface area contributed by atoms with Gasteiger partial charge in [-0.3, -0.25) is 4.79 Å². The first-order chi connectivity index (χ1) is 11.6. The molecular formula is C17H14ClN3O3. The van der Waals surface area contributed by atoms with Crippen molar-refractivity contribution < 1.29 is 13.9 Å². The normalized spacial score (nSPS) is 14.0. The van der Waals surface area contributed by atoms with Crippen LogP contribution in [0.3, 0.4) is 0 Å². The molecule has 1 aliphatic heterocycles. The molecule has 1 aromatic heterocycles. The maximum atomic E-state index is 11.4. The van der Waals surface area contributed by atoms with Crippen LogP contribution in [0.5, 0.6) is 5.75 Å². The van der Waals surface area contributed by atoms with E-state index in [1.54, 1.807) is 36.6 Å². The molecule has 7 heteroatoms. The van der Waals surface area contributed by atoms with E-state index in [4.69, 9.17) is 20.8 Å². The lowest BCUT2D eigenvalue weighted by atomic mass is 10.2. The monoisotopic (exact) mass is 343 g/mol. The highest BCUT2D eigenvalue weighted by Crippen LogP contribution is 2.31. The molecule has 1 aromatic carbocycles. The number of halogens is 1. The van der Waals surface area contributed by atoms with Crippen LogP contribution in [0.4, 0.5) is 17.4 Å². The SMILES string of the molecule is C=C/C(Cl)=C\C=C\c1cnc(Nc2ccc3c(c2)NC(=O)CO3)o1. The topological polar surface area (TPSA) is 76.4 Å². The van der Waals surface area contributed by atoms with Crippen molar-refractivity contribution >= 4 is 41.0 Å². The number of oxazole rings is 1. The summed E-state index contributed by atoms with van der Waals surface area (Å²) in [5, 5.41) is 6.30. The molecule has 0 bridgehead atoms. The van der Waals surface area contributed by atoms with Gasteiger partial charge >= 0.3 is 0 Å². The number of anilines is 3. The lowest BCUT2D eigenvalue weighted by Gasteiger charge is -2.18. The van der Waals surface area contributed by atoms with Crippen molar-refractivity contribution in [1.82, 2.24) is 4.98 Å². The van der Waals surface area contributed by atoms with Crippen molar-refractivity contribution in [1.29, 1.82) is 0 Å². The summed E-state index contributed by atoms with van der Waals surface area (Å²) in [4.78, 5) is 15.5. The number of hydrogen-bond donors (Lipinski definition) is 2. The quantitative estimate of drug-likeness (QED) is 0.800. The molecule has 1 aliphatic rings. The fourth-order valence-corrected chi connectivity index (χ4v) is 2.08. The Hall–Kier alpha value is -2.99. The number of ether oxygens (including phenoxy) is 1. The standard InChI is InChI=1S/C17H14ClN3O3/c1-2-11(18)4-3-5-13-9-19-17(24-13)20-12-6-7-15-14(8-12)21-16(22)10-23-15/h2-9H,1,10H2,(H,19,20)(H,21,22)/b5-3+,11-4+. The Morgan fingerprint density at radius 2 is 2.33 bits per heavy atom. The number of carbonyl (C=O) groups is 1. The minimum atomic E-state index is -0.186. The predicted octanol–water partition coefficient (Wildman–Crippen LogP) is 4.07. The lowest BCUT2D eigenvalue weighted by Crippen LogP contribution is -2.25. The van der Waals surface area contributed by atoms with Crippen LogP contribution in [-0.4, -0.2) is 17.5 Å². The maximum absolute atomic E-state index is 11.4. The van der Waals surface area contributed by atoms with Crippen LogP contribution >= 0.6 is 11.6 Å². The average molecular weight is 344 g/mol. The molecule has 2 heterocycles. The van der Waals surface area contributed by atoms with Crippen molar-refractivity contribution in [3.05, 3.63) is 60.0 Å². The van der Waals surface area contributed by atoms with Gasteiger partial charge in [0.25, 0.3) is 11.9 Å². The fraction of sp³-hybridized carbons (Fsp3) is 0.0588. The van der Waals surface area contributed by atoms with E-state index in [1.165, 1.54) is 6.08 Å². The second-order valence-electron chi connectivity index (χ2n) is 4.86. The first kappa shape index (κ1) is 15.9. The van der Waals surface area contributed by atoms with Gasteiger partial charge in [0.1, 0.15) is 11.5 Å². The van der Waals surface area contributed by atoms with E-state index < -0.39 is 0 Å². The van der Waals surface area contributed by atoms with Gasteiger partial charge in [-0.1, -0.05) is 30.3 Å². The number of fused-ring (bicyclic) bond motifs is 1. The Morgan fingerprint density at radius 3 is 3.17 bits per heavy atom. The Bertz CT molecular complexity index is 839. The summed E-state index contributed by atoms with van der Waals surface area (Å²) in [6.07, 6.45) is 8.27. The van der Waals surface area contributed by atoms with Gasteiger partial charge in [0, 0.05) is 10.7 Å². The van der Waals surface area contributed by atoms with Gasteiger partial charge in [0.2, 0.25) is 0 Å². The molecule has 0 saturated heterocycles. The third kappa shape index (κ3) is 3.85. The molecule has 24 heavy (non-hydrogen) atoms. The summed E-state index contributed by atoms with van der Waals surface area (Å²) in [7, 11) is 0. The Balaban J connectivity index is 1.70. The van der Waals surface area contributed by atoms with E-state index in [9.17, 15) is 4.79 Å². The van der Waals surface area contributed by atoms with Crippen LogP contribution in [0.25, 0.3) is 6.08 Å². The summed E-state index contributed by atoms with van der Waals surface area (Å²) < 4.78 is 10.8. The van der Waals surface area contributed by atoms with E-state index >= 15 is 0 Å². The van der Waals surface area contributed by atoms with Gasteiger partial charge in [-0.2, -0.15) is 0 Å². The number of nitrogens with zero attached hydrogens (tertiary/aromatic N) is 1. The van der Waals surface area contributed by atoms with Crippen LogP contribution in [0.1, 0.15) is 5.76 Å². The summed E-state index contributed by atoms with van der Waals surface area (Å²) in [6.45, 7) is 3.58. The summed E-state index contributed by atoms with van der Waals surface area (Å²) >= 11 is 5.81. The molecule has 0 radical (unpaired) electrons.